The van der Waals surface area contributed by atoms with Crippen LogP contribution in [0.3, 0.4) is 0 Å². The van der Waals surface area contributed by atoms with Crippen LogP contribution in [-0.2, 0) is 16.1 Å². The van der Waals surface area contributed by atoms with Crippen LogP contribution in [0.1, 0.15) is 12.0 Å². The van der Waals surface area contributed by atoms with Gasteiger partial charge in [-0.2, -0.15) is 0 Å². The summed E-state index contributed by atoms with van der Waals surface area (Å²) in [6, 6.07) is 11.1. The highest BCUT2D eigenvalue weighted by atomic mass is 16.5. The Labute approximate surface area is 182 Å². The van der Waals surface area contributed by atoms with Crippen LogP contribution in [0.15, 0.2) is 36.4 Å². The summed E-state index contributed by atoms with van der Waals surface area (Å²) in [4.78, 5) is 29.3. The molecule has 1 aliphatic heterocycles. The van der Waals surface area contributed by atoms with Gasteiger partial charge in [-0.3, -0.25) is 9.59 Å². The topological polar surface area (TPSA) is 80.3 Å². The normalized spacial score (nSPS) is 15.9. The molecule has 8 nitrogen and oxygen atoms in total. The van der Waals surface area contributed by atoms with Crippen molar-refractivity contribution in [1.82, 2.24) is 4.90 Å². The molecule has 0 aliphatic carbocycles. The van der Waals surface area contributed by atoms with Gasteiger partial charge in [0.05, 0.1) is 32.9 Å². The standard InChI is InChI=1S/C23H29N3O5/c1-25(2)13-15-8-6-7-9-18(15)24-23(28)16-10-21(27)26(14-16)17-11-19(29-3)22(31-5)20(12-17)30-4/h6-9,11-12,16H,10,13-14H2,1-5H3,(H,24,28)/t16-/m0/s1. The lowest BCUT2D eigenvalue weighted by atomic mass is 10.1. The molecular formula is C23H29N3O5. The number of benzene rings is 2. The molecule has 0 bridgehead atoms. The first-order valence-electron chi connectivity index (χ1n) is 10.0. The fourth-order valence-electron chi connectivity index (χ4n) is 3.71. The van der Waals surface area contributed by atoms with E-state index in [1.54, 1.807) is 17.0 Å². The van der Waals surface area contributed by atoms with Gasteiger partial charge < -0.3 is 29.3 Å². The molecule has 2 aromatic rings. The molecule has 1 fully saturated rings. The number of anilines is 2. The highest BCUT2D eigenvalue weighted by Gasteiger charge is 2.36. The predicted molar refractivity (Wildman–Crippen MR) is 119 cm³/mol. The maximum atomic E-state index is 12.9. The molecule has 8 heteroatoms. The highest BCUT2D eigenvalue weighted by Crippen LogP contribution is 2.42. The lowest BCUT2D eigenvalue weighted by Gasteiger charge is -2.20. The second-order valence-electron chi connectivity index (χ2n) is 7.67. The van der Waals surface area contributed by atoms with Crippen molar-refractivity contribution < 1.29 is 23.8 Å². The minimum absolute atomic E-state index is 0.129. The third-order valence-corrected chi connectivity index (χ3v) is 5.22. The zero-order valence-corrected chi connectivity index (χ0v) is 18.6. The number of nitrogens with one attached hydrogen (secondary N) is 1. The SMILES string of the molecule is COc1cc(N2C[C@@H](C(=O)Nc3ccccc3CN(C)C)CC2=O)cc(OC)c1OC. The summed E-state index contributed by atoms with van der Waals surface area (Å²) in [6.07, 6.45) is 0.137. The van der Waals surface area contributed by atoms with Gasteiger partial charge in [0.2, 0.25) is 17.6 Å². The fraction of sp³-hybridized carbons (Fsp3) is 0.391. The zero-order chi connectivity index (χ0) is 22.5. The summed E-state index contributed by atoms with van der Waals surface area (Å²) in [7, 11) is 8.52. The van der Waals surface area contributed by atoms with E-state index in [0.29, 0.717) is 29.5 Å². The molecule has 1 saturated heterocycles. The molecule has 2 amide bonds. The molecular weight excluding hydrogens is 398 g/mol. The Bertz CT molecular complexity index is 935. The average Bonchev–Trinajstić information content (AvgIpc) is 3.15. The second-order valence-corrected chi connectivity index (χ2v) is 7.67. The third-order valence-electron chi connectivity index (χ3n) is 5.22. The molecule has 2 aromatic carbocycles. The summed E-state index contributed by atoms with van der Waals surface area (Å²) in [5, 5.41) is 3.00. The maximum absolute atomic E-state index is 12.9. The number of carbonyl (C=O) groups excluding carboxylic acids is 2. The smallest absolute Gasteiger partial charge is 0.229 e. The summed E-state index contributed by atoms with van der Waals surface area (Å²) in [5.41, 5.74) is 2.38. The quantitative estimate of drug-likeness (QED) is 0.698. The van der Waals surface area contributed by atoms with Crippen LogP contribution in [0.5, 0.6) is 17.2 Å². The van der Waals surface area contributed by atoms with E-state index in [1.165, 1.54) is 21.3 Å². The highest BCUT2D eigenvalue weighted by molar-refractivity contribution is 6.04. The van der Waals surface area contributed by atoms with Gasteiger partial charge in [-0.05, 0) is 25.7 Å². The van der Waals surface area contributed by atoms with Crippen LogP contribution in [0.2, 0.25) is 0 Å². The van der Waals surface area contributed by atoms with Crippen LogP contribution in [0.4, 0.5) is 11.4 Å². The Hall–Kier alpha value is -3.26. The van der Waals surface area contributed by atoms with Crippen molar-refractivity contribution in [2.24, 2.45) is 5.92 Å². The molecule has 1 heterocycles. The molecule has 0 saturated carbocycles. The first kappa shape index (κ1) is 22.4. The number of methoxy groups -OCH3 is 3. The summed E-state index contributed by atoms with van der Waals surface area (Å²) in [5.74, 6) is 0.599. The van der Waals surface area contributed by atoms with Crippen LogP contribution in [0.25, 0.3) is 0 Å². The van der Waals surface area contributed by atoms with Crippen LogP contribution in [0, 0.1) is 5.92 Å². The molecule has 1 aliphatic rings. The number of hydrogen-bond acceptors (Lipinski definition) is 6. The van der Waals surface area contributed by atoms with E-state index in [2.05, 4.69) is 5.32 Å². The van der Waals surface area contributed by atoms with Gasteiger partial charge in [0, 0.05) is 37.3 Å². The van der Waals surface area contributed by atoms with Crippen molar-refractivity contribution in [3.05, 3.63) is 42.0 Å². The van der Waals surface area contributed by atoms with E-state index in [1.807, 2.05) is 43.3 Å². The first-order chi connectivity index (χ1) is 14.9. The summed E-state index contributed by atoms with van der Waals surface area (Å²) in [6.45, 7) is 0.983. The number of carbonyl (C=O) groups is 2. The molecule has 3 rings (SSSR count). The van der Waals surface area contributed by atoms with Crippen molar-refractivity contribution in [1.29, 1.82) is 0 Å². The molecule has 0 radical (unpaired) electrons. The largest absolute Gasteiger partial charge is 0.493 e. The van der Waals surface area contributed by atoms with E-state index in [0.717, 1.165) is 11.3 Å². The fourth-order valence-corrected chi connectivity index (χ4v) is 3.71. The van der Waals surface area contributed by atoms with Gasteiger partial charge in [-0.1, -0.05) is 18.2 Å². The average molecular weight is 428 g/mol. The number of hydrogen-bond donors (Lipinski definition) is 1. The number of para-hydroxylation sites is 1. The minimum Gasteiger partial charge on any atom is -0.493 e. The van der Waals surface area contributed by atoms with Crippen LogP contribution < -0.4 is 24.4 Å². The van der Waals surface area contributed by atoms with Crippen molar-refractivity contribution >= 4 is 23.2 Å². The van der Waals surface area contributed by atoms with Gasteiger partial charge in [0.25, 0.3) is 0 Å². The van der Waals surface area contributed by atoms with Gasteiger partial charge in [-0.15, -0.1) is 0 Å². The predicted octanol–water partition coefficient (Wildman–Crippen LogP) is 2.77. The third kappa shape index (κ3) is 4.91. The molecule has 166 valence electrons. The number of nitrogens with zero attached hydrogens (tertiary/aromatic N) is 2. The van der Waals surface area contributed by atoms with Gasteiger partial charge >= 0.3 is 0 Å². The lowest BCUT2D eigenvalue weighted by Crippen LogP contribution is -2.28. The van der Waals surface area contributed by atoms with Crippen molar-refractivity contribution in [2.45, 2.75) is 13.0 Å². The molecule has 0 aromatic heterocycles. The Kier molecular flexibility index (Phi) is 7.02. The number of rotatable bonds is 8. The Morgan fingerprint density at radius 2 is 1.74 bits per heavy atom. The monoisotopic (exact) mass is 427 g/mol. The molecule has 0 spiro atoms. The van der Waals surface area contributed by atoms with Crippen molar-refractivity contribution in [3.8, 4) is 17.2 Å². The maximum Gasteiger partial charge on any atom is 0.229 e. The second kappa shape index (κ2) is 9.70. The first-order valence-corrected chi connectivity index (χ1v) is 10.0. The van der Waals surface area contributed by atoms with Crippen molar-refractivity contribution in [2.75, 3.05) is 52.2 Å². The van der Waals surface area contributed by atoms with Crippen LogP contribution >= 0.6 is 0 Å². The Balaban J connectivity index is 1.79. The lowest BCUT2D eigenvalue weighted by molar-refractivity contribution is -0.122. The molecule has 1 atom stereocenters. The molecule has 31 heavy (non-hydrogen) atoms. The van der Waals surface area contributed by atoms with E-state index >= 15 is 0 Å². The van der Waals surface area contributed by atoms with Crippen LogP contribution in [-0.4, -0.2) is 58.7 Å². The Morgan fingerprint density at radius 3 is 2.32 bits per heavy atom. The molecule has 1 N–H and O–H groups in total. The van der Waals surface area contributed by atoms with Gasteiger partial charge in [-0.25, -0.2) is 0 Å². The van der Waals surface area contributed by atoms with Crippen molar-refractivity contribution in [3.63, 3.8) is 0 Å². The number of amides is 2. The summed E-state index contributed by atoms with van der Waals surface area (Å²) >= 11 is 0. The minimum atomic E-state index is -0.459. The van der Waals surface area contributed by atoms with E-state index in [4.69, 9.17) is 14.2 Å². The molecule has 0 unspecified atom stereocenters. The van der Waals surface area contributed by atoms with E-state index in [-0.39, 0.29) is 24.8 Å². The van der Waals surface area contributed by atoms with Gasteiger partial charge in [0.1, 0.15) is 0 Å². The number of ether oxygens (including phenoxy) is 3. The van der Waals surface area contributed by atoms with Gasteiger partial charge in [0.15, 0.2) is 11.5 Å². The zero-order valence-electron chi connectivity index (χ0n) is 18.6. The summed E-state index contributed by atoms with van der Waals surface area (Å²) < 4.78 is 16.1. The van der Waals surface area contributed by atoms with E-state index in [9.17, 15) is 9.59 Å². The Morgan fingerprint density at radius 1 is 1.10 bits per heavy atom. The van der Waals surface area contributed by atoms with E-state index < -0.39 is 5.92 Å².